The molecule has 0 saturated carbocycles. The number of anilines is 1. The SMILES string of the molecule is COc1ccc(S(=O)(=O)n2cc(CCCN(C)C)c3ccccc32)cc1N1CCN(C)CC1. The number of aromatic nitrogens is 1. The first-order valence-corrected chi connectivity index (χ1v) is 12.9. The van der Waals surface area contributed by atoms with Crippen LogP contribution < -0.4 is 9.64 Å². The van der Waals surface area contributed by atoms with Gasteiger partial charge in [-0.3, -0.25) is 0 Å². The van der Waals surface area contributed by atoms with E-state index in [-0.39, 0.29) is 4.90 Å². The lowest BCUT2D eigenvalue weighted by Crippen LogP contribution is -2.44. The maximum Gasteiger partial charge on any atom is 0.268 e. The number of hydrogen-bond acceptors (Lipinski definition) is 6. The number of hydrogen-bond donors (Lipinski definition) is 0. The van der Waals surface area contributed by atoms with Gasteiger partial charge in [-0.25, -0.2) is 12.4 Å². The van der Waals surface area contributed by atoms with E-state index in [0.29, 0.717) is 11.3 Å². The van der Waals surface area contributed by atoms with Crippen LogP contribution in [0, 0.1) is 0 Å². The third-order valence-electron chi connectivity index (χ3n) is 6.36. The number of methoxy groups -OCH3 is 1. The fraction of sp³-hybridized carbons (Fsp3) is 0.440. The van der Waals surface area contributed by atoms with Crippen molar-refractivity contribution in [1.29, 1.82) is 0 Å². The lowest BCUT2D eigenvalue weighted by atomic mass is 10.1. The van der Waals surface area contributed by atoms with E-state index in [2.05, 4.69) is 35.8 Å². The van der Waals surface area contributed by atoms with Gasteiger partial charge < -0.3 is 19.4 Å². The van der Waals surface area contributed by atoms with Crippen molar-refractivity contribution >= 4 is 26.6 Å². The van der Waals surface area contributed by atoms with Crippen molar-refractivity contribution in [2.75, 3.05) is 65.9 Å². The lowest BCUT2D eigenvalue weighted by molar-refractivity contribution is 0.311. The first kappa shape index (κ1) is 23.6. The quantitative estimate of drug-likeness (QED) is 0.504. The van der Waals surface area contributed by atoms with Crippen LogP contribution in [0.5, 0.6) is 5.75 Å². The molecule has 2 heterocycles. The molecule has 0 aliphatic carbocycles. The maximum absolute atomic E-state index is 13.8. The van der Waals surface area contributed by atoms with Gasteiger partial charge in [-0.05, 0) is 70.4 Å². The predicted octanol–water partition coefficient (Wildman–Crippen LogP) is 3.13. The molecule has 0 amide bonds. The molecule has 2 aromatic carbocycles. The van der Waals surface area contributed by atoms with E-state index in [4.69, 9.17) is 4.74 Å². The first-order valence-electron chi connectivity index (χ1n) is 11.4. The summed E-state index contributed by atoms with van der Waals surface area (Å²) in [7, 11) is 4.06. The molecule has 0 N–H and O–H groups in total. The summed E-state index contributed by atoms with van der Waals surface area (Å²) in [6.07, 6.45) is 3.60. The highest BCUT2D eigenvalue weighted by Crippen LogP contribution is 2.34. The van der Waals surface area contributed by atoms with E-state index in [1.807, 2.05) is 24.3 Å². The molecule has 0 spiro atoms. The highest BCUT2D eigenvalue weighted by molar-refractivity contribution is 7.90. The van der Waals surface area contributed by atoms with Gasteiger partial charge >= 0.3 is 0 Å². The van der Waals surface area contributed by atoms with Crippen LogP contribution in [-0.2, 0) is 16.4 Å². The Balaban J connectivity index is 1.73. The van der Waals surface area contributed by atoms with Gasteiger partial charge in [-0.1, -0.05) is 18.2 Å². The van der Waals surface area contributed by atoms with Crippen molar-refractivity contribution < 1.29 is 13.2 Å². The highest BCUT2D eigenvalue weighted by Gasteiger charge is 2.25. The van der Waals surface area contributed by atoms with E-state index in [1.165, 1.54) is 3.97 Å². The molecular formula is C25H34N4O3S. The van der Waals surface area contributed by atoms with Crippen LogP contribution in [0.15, 0.2) is 53.6 Å². The van der Waals surface area contributed by atoms with E-state index in [0.717, 1.165) is 62.2 Å². The molecule has 1 aromatic heterocycles. The van der Waals surface area contributed by atoms with Crippen LogP contribution in [0.2, 0.25) is 0 Å². The second-order valence-corrected chi connectivity index (χ2v) is 10.8. The number of ether oxygens (including phenoxy) is 1. The van der Waals surface area contributed by atoms with Crippen LogP contribution in [-0.4, -0.2) is 83.2 Å². The highest BCUT2D eigenvalue weighted by atomic mass is 32.2. The van der Waals surface area contributed by atoms with Crippen LogP contribution in [0.3, 0.4) is 0 Å². The number of nitrogens with zero attached hydrogens (tertiary/aromatic N) is 4. The Labute approximate surface area is 197 Å². The molecular weight excluding hydrogens is 436 g/mol. The fourth-order valence-electron chi connectivity index (χ4n) is 4.44. The van der Waals surface area contributed by atoms with E-state index >= 15 is 0 Å². The number of benzene rings is 2. The van der Waals surface area contributed by atoms with Crippen molar-refractivity contribution in [3.63, 3.8) is 0 Å². The smallest absolute Gasteiger partial charge is 0.268 e. The fourth-order valence-corrected chi connectivity index (χ4v) is 5.85. The third-order valence-corrected chi connectivity index (χ3v) is 8.03. The average molecular weight is 471 g/mol. The maximum atomic E-state index is 13.8. The molecule has 178 valence electrons. The molecule has 0 atom stereocenters. The molecule has 4 rings (SSSR count). The van der Waals surface area contributed by atoms with Gasteiger partial charge in [-0.15, -0.1) is 0 Å². The summed E-state index contributed by atoms with van der Waals surface area (Å²) in [6.45, 7) is 4.48. The molecule has 3 aromatic rings. The molecule has 33 heavy (non-hydrogen) atoms. The van der Waals surface area contributed by atoms with Gasteiger partial charge in [-0.2, -0.15) is 0 Å². The lowest BCUT2D eigenvalue weighted by Gasteiger charge is -2.34. The zero-order valence-corrected chi connectivity index (χ0v) is 20.8. The second kappa shape index (κ2) is 9.75. The Kier molecular flexibility index (Phi) is 6.97. The summed E-state index contributed by atoms with van der Waals surface area (Å²) in [5.74, 6) is 0.695. The van der Waals surface area contributed by atoms with Crippen molar-refractivity contribution in [3.05, 3.63) is 54.2 Å². The molecule has 0 unspecified atom stereocenters. The minimum Gasteiger partial charge on any atom is -0.495 e. The number of piperazine rings is 1. The Morgan fingerprint density at radius 1 is 1.03 bits per heavy atom. The van der Waals surface area contributed by atoms with Crippen molar-refractivity contribution in [2.45, 2.75) is 17.7 Å². The monoisotopic (exact) mass is 470 g/mol. The van der Waals surface area contributed by atoms with Gasteiger partial charge in [0.1, 0.15) is 5.75 Å². The van der Waals surface area contributed by atoms with Gasteiger partial charge in [0.15, 0.2) is 0 Å². The first-order chi connectivity index (χ1) is 15.8. The van der Waals surface area contributed by atoms with Crippen LogP contribution in [0.25, 0.3) is 10.9 Å². The van der Waals surface area contributed by atoms with Gasteiger partial charge in [0.25, 0.3) is 10.0 Å². The summed E-state index contributed by atoms with van der Waals surface area (Å²) in [6, 6.07) is 12.9. The molecule has 1 aliphatic heterocycles. The van der Waals surface area contributed by atoms with Gasteiger partial charge in [0.05, 0.1) is 23.2 Å². The predicted molar refractivity (Wildman–Crippen MR) is 134 cm³/mol. The number of fused-ring (bicyclic) bond motifs is 1. The Bertz CT molecular complexity index is 1210. The largest absolute Gasteiger partial charge is 0.495 e. The molecule has 0 bridgehead atoms. The topological polar surface area (TPSA) is 58.0 Å². The average Bonchev–Trinajstić information content (AvgIpc) is 3.18. The van der Waals surface area contributed by atoms with Gasteiger partial charge in [0.2, 0.25) is 0 Å². The zero-order valence-electron chi connectivity index (χ0n) is 20.0. The Hall–Kier alpha value is -2.55. The van der Waals surface area contributed by atoms with Crippen molar-refractivity contribution in [1.82, 2.24) is 13.8 Å². The van der Waals surface area contributed by atoms with E-state index < -0.39 is 10.0 Å². The molecule has 7 nitrogen and oxygen atoms in total. The van der Waals surface area contributed by atoms with Gasteiger partial charge in [0, 0.05) is 37.8 Å². The van der Waals surface area contributed by atoms with Crippen LogP contribution >= 0.6 is 0 Å². The van der Waals surface area contributed by atoms with Crippen LogP contribution in [0.1, 0.15) is 12.0 Å². The summed E-state index contributed by atoms with van der Waals surface area (Å²) < 4.78 is 34.7. The molecule has 1 saturated heterocycles. The molecule has 1 aliphatic rings. The van der Waals surface area contributed by atoms with Crippen LogP contribution in [0.4, 0.5) is 5.69 Å². The number of rotatable bonds is 8. The zero-order chi connectivity index (χ0) is 23.6. The normalized spacial score (nSPS) is 15.5. The minimum absolute atomic E-state index is 0.276. The van der Waals surface area contributed by atoms with E-state index in [9.17, 15) is 8.42 Å². The molecule has 0 radical (unpaired) electrons. The van der Waals surface area contributed by atoms with Crippen molar-refractivity contribution in [2.24, 2.45) is 0 Å². The molecule has 8 heteroatoms. The summed E-state index contributed by atoms with van der Waals surface area (Å²) >= 11 is 0. The minimum atomic E-state index is -3.77. The third kappa shape index (κ3) is 4.88. The Morgan fingerprint density at radius 3 is 2.45 bits per heavy atom. The summed E-state index contributed by atoms with van der Waals surface area (Å²) in [5.41, 5.74) is 2.60. The summed E-state index contributed by atoms with van der Waals surface area (Å²) in [4.78, 5) is 6.90. The second-order valence-electron chi connectivity index (χ2n) is 9.00. The number of aryl methyl sites for hydroxylation is 1. The summed E-state index contributed by atoms with van der Waals surface area (Å²) in [5, 5.41) is 0.993. The standard InChI is InChI=1S/C25H34N4O3S/c1-26(2)13-7-8-20-19-29(23-10-6-5-9-22(20)23)33(30,31)21-11-12-25(32-4)24(18-21)28-16-14-27(3)15-17-28/h5-6,9-12,18-19H,7-8,13-17H2,1-4H3. The van der Waals surface area contributed by atoms with Crippen molar-refractivity contribution in [3.8, 4) is 5.75 Å². The Morgan fingerprint density at radius 2 is 1.76 bits per heavy atom. The van der Waals surface area contributed by atoms with E-state index in [1.54, 1.807) is 31.5 Å². The number of para-hydroxylation sites is 1. The molecule has 1 fully saturated rings. The number of likely N-dealkylation sites (N-methyl/N-ethyl adjacent to an activating group) is 1.